The second kappa shape index (κ2) is 9.77. The third-order valence-corrected chi connectivity index (χ3v) is 7.64. The first-order valence-corrected chi connectivity index (χ1v) is 12.3. The first-order valence-electron chi connectivity index (χ1n) is 11.1. The molecule has 0 radical (unpaired) electrons. The summed E-state index contributed by atoms with van der Waals surface area (Å²) in [4.78, 5) is 31.1. The molecule has 0 aliphatic carbocycles. The molecule has 2 aromatic rings. The number of nitrogens with zero attached hydrogens (tertiary/aromatic N) is 3. The highest BCUT2D eigenvalue weighted by atomic mass is 32.2. The van der Waals surface area contributed by atoms with E-state index in [0.717, 1.165) is 42.5 Å². The summed E-state index contributed by atoms with van der Waals surface area (Å²) in [6.45, 7) is 7.43. The topological polar surface area (TPSA) is 54.8 Å². The van der Waals surface area contributed by atoms with Crippen LogP contribution in [0.4, 0.5) is 5.69 Å². The maximum atomic E-state index is 13.7. The zero-order valence-corrected chi connectivity index (χ0v) is 20.4. The van der Waals surface area contributed by atoms with Crippen LogP contribution in [0.3, 0.4) is 0 Å². The number of para-hydroxylation sites is 1. The molecule has 1 aromatic carbocycles. The smallest absolute Gasteiger partial charge is 0.266 e. The van der Waals surface area contributed by atoms with Crippen molar-refractivity contribution >= 4 is 56.9 Å². The number of carbonyl (C=O) groups is 1. The molecular formula is C24H29N3O3S2. The Morgan fingerprint density at radius 2 is 1.94 bits per heavy atom. The first kappa shape index (κ1) is 23.0. The Kier molecular flexibility index (Phi) is 7.02. The number of rotatable bonds is 6. The lowest BCUT2D eigenvalue weighted by Crippen LogP contribution is -2.36. The Bertz CT molecular complexity index is 1130. The number of ether oxygens (including phenoxy) is 1. The van der Waals surface area contributed by atoms with E-state index in [1.807, 2.05) is 25.1 Å². The van der Waals surface area contributed by atoms with Crippen molar-refractivity contribution in [1.82, 2.24) is 9.47 Å². The van der Waals surface area contributed by atoms with E-state index >= 15 is 0 Å². The zero-order chi connectivity index (χ0) is 22.8. The second-order valence-electron chi connectivity index (χ2n) is 8.32. The van der Waals surface area contributed by atoms with Crippen molar-refractivity contribution in [3.63, 3.8) is 0 Å². The van der Waals surface area contributed by atoms with E-state index in [4.69, 9.17) is 17.0 Å². The number of pyridine rings is 1. The highest BCUT2D eigenvalue weighted by Crippen LogP contribution is 2.37. The maximum absolute atomic E-state index is 13.7. The van der Waals surface area contributed by atoms with Crippen molar-refractivity contribution in [3.8, 4) is 0 Å². The Hall–Kier alpha value is -2.16. The van der Waals surface area contributed by atoms with Crippen LogP contribution in [0.2, 0.25) is 0 Å². The van der Waals surface area contributed by atoms with Gasteiger partial charge in [0.15, 0.2) is 0 Å². The summed E-state index contributed by atoms with van der Waals surface area (Å²) in [7, 11) is 1.60. The number of aromatic nitrogens is 1. The molecule has 2 saturated heterocycles. The number of thioether (sulfide) groups is 1. The van der Waals surface area contributed by atoms with Crippen molar-refractivity contribution in [2.45, 2.75) is 33.2 Å². The highest BCUT2D eigenvalue weighted by molar-refractivity contribution is 8.26. The predicted octanol–water partition coefficient (Wildman–Crippen LogP) is 4.11. The van der Waals surface area contributed by atoms with Crippen LogP contribution in [0.15, 0.2) is 34.0 Å². The molecular weight excluding hydrogens is 442 g/mol. The molecule has 2 fully saturated rings. The Morgan fingerprint density at radius 3 is 2.62 bits per heavy atom. The lowest BCUT2D eigenvalue weighted by atomic mass is 9.97. The van der Waals surface area contributed by atoms with Crippen molar-refractivity contribution in [2.24, 2.45) is 5.92 Å². The minimum absolute atomic E-state index is 0.0676. The molecule has 3 heterocycles. The van der Waals surface area contributed by atoms with Gasteiger partial charge in [0.1, 0.15) is 4.32 Å². The van der Waals surface area contributed by atoms with Crippen molar-refractivity contribution in [1.29, 1.82) is 0 Å². The number of amides is 1. The number of methoxy groups -OCH3 is 1. The molecule has 0 saturated carbocycles. The van der Waals surface area contributed by atoms with Crippen LogP contribution in [0, 0.1) is 5.92 Å². The quantitative estimate of drug-likeness (QED) is 0.467. The molecule has 2 aliphatic heterocycles. The fourth-order valence-corrected chi connectivity index (χ4v) is 5.72. The predicted molar refractivity (Wildman–Crippen MR) is 136 cm³/mol. The minimum Gasteiger partial charge on any atom is -0.383 e. The molecule has 8 heteroatoms. The van der Waals surface area contributed by atoms with Gasteiger partial charge in [-0.3, -0.25) is 14.5 Å². The van der Waals surface area contributed by atoms with Crippen LogP contribution in [-0.2, 0) is 16.1 Å². The SMILES string of the molecule is CCn1c(=O)c(C=C2SC(=S)N(CCOC)C2=O)c(N2CCC(C)CC2)c2ccccc21. The number of benzene rings is 1. The average molecular weight is 472 g/mol. The number of fused-ring (bicyclic) bond motifs is 1. The summed E-state index contributed by atoms with van der Waals surface area (Å²) in [6.07, 6.45) is 3.94. The van der Waals surface area contributed by atoms with Crippen LogP contribution < -0.4 is 10.5 Å². The van der Waals surface area contributed by atoms with Crippen LogP contribution in [0.1, 0.15) is 32.3 Å². The molecule has 4 rings (SSSR count). The van der Waals surface area contributed by atoms with Gasteiger partial charge in [-0.2, -0.15) is 0 Å². The minimum atomic E-state index is -0.161. The Balaban J connectivity index is 1.89. The van der Waals surface area contributed by atoms with Gasteiger partial charge >= 0.3 is 0 Å². The lowest BCUT2D eigenvalue weighted by Gasteiger charge is -2.34. The van der Waals surface area contributed by atoms with Gasteiger partial charge in [0, 0.05) is 32.1 Å². The van der Waals surface area contributed by atoms with Crippen LogP contribution in [0.25, 0.3) is 17.0 Å². The summed E-state index contributed by atoms with van der Waals surface area (Å²) in [5.41, 5.74) is 2.37. The summed E-state index contributed by atoms with van der Waals surface area (Å²) >= 11 is 6.69. The van der Waals surface area contributed by atoms with Gasteiger partial charge < -0.3 is 14.2 Å². The van der Waals surface area contributed by atoms with Gasteiger partial charge in [0.05, 0.1) is 34.8 Å². The zero-order valence-electron chi connectivity index (χ0n) is 18.8. The van der Waals surface area contributed by atoms with Crippen LogP contribution in [0.5, 0.6) is 0 Å². The normalized spacial score (nSPS) is 19.0. The molecule has 0 N–H and O–H groups in total. The molecule has 6 nitrogen and oxygen atoms in total. The van der Waals surface area contributed by atoms with Gasteiger partial charge in [-0.1, -0.05) is 49.1 Å². The van der Waals surface area contributed by atoms with Crippen molar-refractivity contribution in [3.05, 3.63) is 45.1 Å². The molecule has 0 unspecified atom stereocenters. The lowest BCUT2D eigenvalue weighted by molar-refractivity contribution is -0.122. The Morgan fingerprint density at radius 1 is 1.22 bits per heavy atom. The fourth-order valence-electron chi connectivity index (χ4n) is 4.43. The number of carbonyl (C=O) groups excluding carboxylic acids is 1. The van der Waals surface area contributed by atoms with Gasteiger partial charge in [-0.25, -0.2) is 0 Å². The summed E-state index contributed by atoms with van der Waals surface area (Å²) in [5, 5.41) is 1.05. The number of thiocarbonyl (C=S) groups is 1. The van der Waals surface area contributed by atoms with E-state index in [9.17, 15) is 9.59 Å². The van der Waals surface area contributed by atoms with E-state index in [1.165, 1.54) is 11.8 Å². The molecule has 0 spiro atoms. The van der Waals surface area contributed by atoms with Crippen molar-refractivity contribution in [2.75, 3.05) is 38.3 Å². The maximum Gasteiger partial charge on any atom is 0.266 e. The van der Waals surface area contributed by atoms with Crippen LogP contribution in [-0.4, -0.2) is 53.0 Å². The number of hydrogen-bond acceptors (Lipinski definition) is 6. The molecule has 1 aromatic heterocycles. The van der Waals surface area contributed by atoms with Gasteiger partial charge in [0.25, 0.3) is 11.5 Å². The number of aryl methyl sites for hydroxylation is 1. The largest absolute Gasteiger partial charge is 0.383 e. The van der Waals surface area contributed by atoms with E-state index in [-0.39, 0.29) is 11.5 Å². The van der Waals surface area contributed by atoms with E-state index in [2.05, 4.69) is 17.9 Å². The molecule has 0 bridgehead atoms. The van der Waals surface area contributed by atoms with Gasteiger partial charge in [-0.05, 0) is 37.8 Å². The summed E-state index contributed by atoms with van der Waals surface area (Å²) in [6, 6.07) is 8.06. The second-order valence-corrected chi connectivity index (χ2v) is 10.0. The summed E-state index contributed by atoms with van der Waals surface area (Å²) in [5.74, 6) is 0.514. The highest BCUT2D eigenvalue weighted by Gasteiger charge is 2.33. The third kappa shape index (κ3) is 4.23. The molecule has 170 valence electrons. The molecule has 32 heavy (non-hydrogen) atoms. The standard InChI is InChI=1S/C24H29N3O3S2/c1-4-26-19-8-6-5-7-17(19)21(25-11-9-16(2)10-12-25)18(22(26)28)15-20-23(29)27(13-14-30-3)24(31)32-20/h5-8,15-16H,4,9-14H2,1-3H3. The Labute approximate surface area is 198 Å². The number of hydrogen-bond donors (Lipinski definition) is 0. The molecule has 2 aliphatic rings. The third-order valence-electron chi connectivity index (χ3n) is 6.26. The number of anilines is 1. The molecule has 0 atom stereocenters. The summed E-state index contributed by atoms with van der Waals surface area (Å²) < 4.78 is 7.41. The van der Waals surface area contributed by atoms with E-state index in [1.54, 1.807) is 22.7 Å². The monoisotopic (exact) mass is 471 g/mol. The number of piperidine rings is 1. The van der Waals surface area contributed by atoms with Gasteiger partial charge in [-0.15, -0.1) is 0 Å². The first-order chi connectivity index (χ1) is 15.5. The molecule has 1 amide bonds. The van der Waals surface area contributed by atoms with Crippen LogP contribution >= 0.6 is 24.0 Å². The fraction of sp³-hybridized carbons (Fsp3) is 0.458. The van der Waals surface area contributed by atoms with E-state index in [0.29, 0.717) is 40.4 Å². The van der Waals surface area contributed by atoms with E-state index < -0.39 is 0 Å². The van der Waals surface area contributed by atoms with Gasteiger partial charge in [0.2, 0.25) is 0 Å². The van der Waals surface area contributed by atoms with Crippen molar-refractivity contribution < 1.29 is 9.53 Å². The average Bonchev–Trinajstić information content (AvgIpc) is 3.06.